The van der Waals surface area contributed by atoms with Gasteiger partial charge in [-0.25, -0.2) is 0 Å². The third kappa shape index (κ3) is 4.10. The zero-order valence-electron chi connectivity index (χ0n) is 10.5. The average molecular weight is 288 g/mol. The first kappa shape index (κ1) is 14.1. The van der Waals surface area contributed by atoms with Crippen LogP contribution in [-0.4, -0.2) is 10.8 Å². The fraction of sp³-hybridized carbons (Fsp3) is 0.0714. The molecule has 1 N–H and O–H groups in total. The fourth-order valence-corrected chi connectivity index (χ4v) is 2.15. The molecule has 2 aromatic rings. The van der Waals surface area contributed by atoms with Crippen LogP contribution in [0.2, 0.25) is 0 Å². The lowest BCUT2D eigenvalue weighted by atomic mass is 10.1. The summed E-state index contributed by atoms with van der Waals surface area (Å²) in [5, 5.41) is 10.5. The predicted octanol–water partition coefficient (Wildman–Crippen LogP) is 2.96. The minimum Gasteiger partial charge on any atom is -0.296 e. The van der Waals surface area contributed by atoms with E-state index in [1.807, 2.05) is 30.3 Å². The second-order valence-electron chi connectivity index (χ2n) is 4.04. The minimum absolute atomic E-state index is 0.0324. The summed E-state index contributed by atoms with van der Waals surface area (Å²) in [5.74, 6) is -0.112. The molecule has 102 valence electrons. The molecule has 20 heavy (non-hydrogen) atoms. The van der Waals surface area contributed by atoms with E-state index in [9.17, 15) is 14.9 Å². The van der Waals surface area contributed by atoms with E-state index in [0.717, 1.165) is 22.4 Å². The number of nitrogens with one attached hydrogen (secondary N) is 1. The van der Waals surface area contributed by atoms with Crippen molar-refractivity contribution in [3.05, 3.63) is 70.3 Å². The number of hydrogen-bond donors (Lipinski definition) is 1. The maximum absolute atomic E-state index is 11.7. The molecule has 0 saturated heterocycles. The summed E-state index contributed by atoms with van der Waals surface area (Å²) in [6, 6.07) is 15.5. The Morgan fingerprint density at radius 3 is 2.35 bits per heavy atom. The lowest BCUT2D eigenvalue weighted by Gasteiger charge is -2.04. The largest absolute Gasteiger partial charge is 0.296 e. The molecule has 0 spiro atoms. The van der Waals surface area contributed by atoms with Crippen molar-refractivity contribution < 1.29 is 9.72 Å². The molecule has 0 aromatic heterocycles. The number of nitro benzene ring substituents is 1. The van der Waals surface area contributed by atoms with Gasteiger partial charge in [-0.3, -0.25) is 19.6 Å². The summed E-state index contributed by atoms with van der Waals surface area (Å²) in [7, 11) is 0. The van der Waals surface area contributed by atoms with Crippen LogP contribution >= 0.6 is 11.9 Å². The smallest absolute Gasteiger partial charge is 0.269 e. The van der Waals surface area contributed by atoms with Crippen molar-refractivity contribution in [3.63, 3.8) is 0 Å². The molecule has 0 bridgehead atoms. The summed E-state index contributed by atoms with van der Waals surface area (Å²) in [6.45, 7) is 0. The van der Waals surface area contributed by atoms with Crippen LogP contribution in [0.25, 0.3) is 0 Å². The Bertz CT molecular complexity index is 600. The highest BCUT2D eigenvalue weighted by molar-refractivity contribution is 7.98. The van der Waals surface area contributed by atoms with E-state index >= 15 is 0 Å². The van der Waals surface area contributed by atoms with E-state index in [0.29, 0.717) is 6.42 Å². The van der Waals surface area contributed by atoms with Crippen LogP contribution in [-0.2, 0) is 11.2 Å². The molecule has 0 aliphatic rings. The molecule has 1 amide bonds. The van der Waals surface area contributed by atoms with Gasteiger partial charge in [-0.2, -0.15) is 0 Å². The molecule has 0 aliphatic heterocycles. The molecule has 5 nitrogen and oxygen atoms in total. The van der Waals surface area contributed by atoms with Gasteiger partial charge in [0.15, 0.2) is 0 Å². The van der Waals surface area contributed by atoms with Crippen LogP contribution in [0, 0.1) is 10.1 Å². The van der Waals surface area contributed by atoms with E-state index in [1.54, 1.807) is 12.1 Å². The number of nitro groups is 1. The Labute approximate surface area is 120 Å². The summed E-state index contributed by atoms with van der Waals surface area (Å²) in [4.78, 5) is 22.5. The highest BCUT2D eigenvalue weighted by atomic mass is 32.2. The normalized spacial score (nSPS) is 10.0. The highest BCUT2D eigenvalue weighted by Crippen LogP contribution is 2.19. The van der Waals surface area contributed by atoms with Crippen LogP contribution in [0.15, 0.2) is 59.5 Å². The topological polar surface area (TPSA) is 72.2 Å². The van der Waals surface area contributed by atoms with Gasteiger partial charge in [0.2, 0.25) is 5.91 Å². The first-order valence-electron chi connectivity index (χ1n) is 5.89. The van der Waals surface area contributed by atoms with Gasteiger partial charge in [0.05, 0.1) is 11.3 Å². The maximum atomic E-state index is 11.7. The van der Waals surface area contributed by atoms with Gasteiger partial charge in [0.25, 0.3) is 5.69 Å². The van der Waals surface area contributed by atoms with Gasteiger partial charge in [0, 0.05) is 17.0 Å². The molecular weight excluding hydrogens is 276 g/mol. The SMILES string of the molecule is O=C(Cc1ccccc1)NSc1ccc([N+](=O)[O-])cc1. The first-order chi connectivity index (χ1) is 9.65. The van der Waals surface area contributed by atoms with E-state index in [4.69, 9.17) is 0 Å². The average Bonchev–Trinajstić information content (AvgIpc) is 2.46. The van der Waals surface area contributed by atoms with Crippen LogP contribution in [0.4, 0.5) is 5.69 Å². The summed E-state index contributed by atoms with van der Waals surface area (Å²) >= 11 is 1.15. The monoisotopic (exact) mass is 288 g/mol. The highest BCUT2D eigenvalue weighted by Gasteiger charge is 2.06. The third-order valence-electron chi connectivity index (χ3n) is 2.54. The van der Waals surface area contributed by atoms with E-state index in [2.05, 4.69) is 4.72 Å². The quantitative estimate of drug-likeness (QED) is 0.521. The zero-order chi connectivity index (χ0) is 14.4. The van der Waals surface area contributed by atoms with E-state index < -0.39 is 4.92 Å². The Kier molecular flexibility index (Phi) is 4.73. The molecule has 6 heteroatoms. The standard InChI is InChI=1S/C14H12N2O3S/c17-14(10-11-4-2-1-3-5-11)15-20-13-8-6-12(7-9-13)16(18)19/h1-9H,10H2,(H,15,17). The zero-order valence-corrected chi connectivity index (χ0v) is 11.3. The first-order valence-corrected chi connectivity index (χ1v) is 6.71. The minimum atomic E-state index is -0.456. The van der Waals surface area contributed by atoms with E-state index in [1.165, 1.54) is 12.1 Å². The number of non-ortho nitro benzene ring substituents is 1. The van der Waals surface area contributed by atoms with Crippen molar-refractivity contribution in [3.8, 4) is 0 Å². The van der Waals surface area contributed by atoms with Crippen molar-refractivity contribution in [2.24, 2.45) is 0 Å². The Balaban J connectivity index is 1.85. The van der Waals surface area contributed by atoms with Crippen molar-refractivity contribution in [2.75, 3.05) is 0 Å². The Morgan fingerprint density at radius 1 is 1.10 bits per heavy atom. The number of rotatable bonds is 5. The molecule has 0 unspecified atom stereocenters. The molecule has 2 rings (SSSR count). The second kappa shape index (κ2) is 6.72. The van der Waals surface area contributed by atoms with Gasteiger partial charge in [-0.05, 0) is 29.6 Å². The van der Waals surface area contributed by atoms with Gasteiger partial charge in [0.1, 0.15) is 0 Å². The van der Waals surface area contributed by atoms with Crippen LogP contribution < -0.4 is 4.72 Å². The summed E-state index contributed by atoms with van der Waals surface area (Å²) in [5.41, 5.74) is 0.972. The fourth-order valence-electron chi connectivity index (χ4n) is 1.57. The van der Waals surface area contributed by atoms with Gasteiger partial charge >= 0.3 is 0 Å². The summed E-state index contributed by atoms with van der Waals surface area (Å²) < 4.78 is 2.70. The number of benzene rings is 2. The number of amides is 1. The molecule has 0 radical (unpaired) electrons. The van der Waals surface area contributed by atoms with Gasteiger partial charge < -0.3 is 0 Å². The Morgan fingerprint density at radius 2 is 1.75 bits per heavy atom. The molecule has 0 fully saturated rings. The van der Waals surface area contributed by atoms with Gasteiger partial charge in [-0.15, -0.1) is 0 Å². The predicted molar refractivity (Wildman–Crippen MR) is 77.2 cm³/mol. The van der Waals surface area contributed by atoms with Crippen LogP contribution in [0.1, 0.15) is 5.56 Å². The molecule has 0 heterocycles. The van der Waals surface area contributed by atoms with Crippen molar-refractivity contribution >= 4 is 23.5 Å². The molecule has 0 aliphatic carbocycles. The second-order valence-corrected chi connectivity index (χ2v) is 4.92. The van der Waals surface area contributed by atoms with E-state index in [-0.39, 0.29) is 11.6 Å². The molecule has 0 atom stereocenters. The molecular formula is C14H12N2O3S. The number of carbonyl (C=O) groups excluding carboxylic acids is 1. The number of carbonyl (C=O) groups is 1. The van der Waals surface area contributed by atoms with Crippen LogP contribution in [0.5, 0.6) is 0 Å². The lowest BCUT2D eigenvalue weighted by Crippen LogP contribution is -2.17. The molecule has 2 aromatic carbocycles. The van der Waals surface area contributed by atoms with Crippen molar-refractivity contribution in [1.29, 1.82) is 0 Å². The Hall–Kier alpha value is -2.34. The van der Waals surface area contributed by atoms with Crippen molar-refractivity contribution in [1.82, 2.24) is 4.72 Å². The number of hydrogen-bond acceptors (Lipinski definition) is 4. The molecule has 0 saturated carbocycles. The van der Waals surface area contributed by atoms with Crippen LogP contribution in [0.3, 0.4) is 0 Å². The lowest BCUT2D eigenvalue weighted by molar-refractivity contribution is -0.384. The summed E-state index contributed by atoms with van der Waals surface area (Å²) in [6.07, 6.45) is 0.306. The third-order valence-corrected chi connectivity index (χ3v) is 3.38. The maximum Gasteiger partial charge on any atom is 0.269 e. The number of nitrogens with zero attached hydrogens (tertiary/aromatic N) is 1. The van der Waals surface area contributed by atoms with Gasteiger partial charge in [-0.1, -0.05) is 30.3 Å². The van der Waals surface area contributed by atoms with Crippen molar-refractivity contribution in [2.45, 2.75) is 11.3 Å².